The van der Waals surface area contributed by atoms with Crippen LogP contribution in [0, 0.1) is 5.82 Å². The van der Waals surface area contributed by atoms with Gasteiger partial charge in [-0.3, -0.25) is 8.99 Å². The molecule has 4 rings (SSSR count). The summed E-state index contributed by atoms with van der Waals surface area (Å²) in [5.41, 5.74) is 2.51. The quantitative estimate of drug-likeness (QED) is 0.348. The van der Waals surface area contributed by atoms with Crippen molar-refractivity contribution in [2.45, 2.75) is 45.1 Å². The molecular weight excluding hydrogens is 546 g/mol. The van der Waals surface area contributed by atoms with Gasteiger partial charge in [0, 0.05) is 38.5 Å². The first kappa shape index (κ1) is 32.0. The minimum Gasteiger partial charge on any atom is -0.528 e. The molecule has 1 fully saturated rings. The number of pyridine rings is 1. The maximum absolute atomic E-state index is 14.7. The Morgan fingerprint density at radius 1 is 1.27 bits per heavy atom. The Kier molecular flexibility index (Phi) is 10.8. The van der Waals surface area contributed by atoms with E-state index in [0.717, 1.165) is 13.0 Å². The number of hydrogen-bond acceptors (Lipinski definition) is 7. The Morgan fingerprint density at radius 3 is 2.65 bits per heavy atom. The number of benzene rings is 1. The number of halogens is 1. The number of aromatic nitrogens is 3. The molecule has 1 amide bonds. The van der Waals surface area contributed by atoms with Gasteiger partial charge in [-0.25, -0.2) is 17.8 Å². The monoisotopic (exact) mass is 580 g/mol. The van der Waals surface area contributed by atoms with Gasteiger partial charge in [-0.1, -0.05) is 13.8 Å². The summed E-state index contributed by atoms with van der Waals surface area (Å²) >= 11 is 0. The molecule has 13 heteroatoms. The fraction of sp³-hybridized carbons (Fsp3) is 0.444. The molecule has 0 bridgehead atoms. The van der Waals surface area contributed by atoms with Crippen molar-refractivity contribution in [2.75, 3.05) is 31.6 Å². The van der Waals surface area contributed by atoms with E-state index in [1.54, 1.807) is 25.4 Å². The zero-order chi connectivity index (χ0) is 28.3. The molecule has 1 saturated heterocycles. The van der Waals surface area contributed by atoms with E-state index in [1.165, 1.54) is 40.6 Å². The Bertz CT molecular complexity index is 1450. The third-order valence-electron chi connectivity index (χ3n) is 6.80. The van der Waals surface area contributed by atoms with Crippen LogP contribution < -0.4 is 38.6 Å². The van der Waals surface area contributed by atoms with Crippen molar-refractivity contribution < 1.29 is 51.9 Å². The van der Waals surface area contributed by atoms with Crippen LogP contribution in [-0.4, -0.2) is 67.3 Å². The maximum atomic E-state index is 14.7. The van der Waals surface area contributed by atoms with E-state index in [0.29, 0.717) is 46.8 Å². The van der Waals surface area contributed by atoms with E-state index >= 15 is 0 Å². The number of anilines is 1. The van der Waals surface area contributed by atoms with Gasteiger partial charge < -0.3 is 19.2 Å². The number of nitrogens with zero attached hydrogens (tertiary/aromatic N) is 6. The second-order valence-electron chi connectivity index (χ2n) is 10.1. The van der Waals surface area contributed by atoms with Gasteiger partial charge in [-0.15, -0.1) is 0 Å². The van der Waals surface area contributed by atoms with Gasteiger partial charge in [0.2, 0.25) is 5.88 Å². The van der Waals surface area contributed by atoms with Crippen molar-refractivity contribution in [3.05, 3.63) is 64.5 Å². The third kappa shape index (κ3) is 7.41. The largest absolute Gasteiger partial charge is 1.00 e. The second kappa shape index (κ2) is 13.4. The molecule has 1 aliphatic heterocycles. The molecule has 1 aromatic carbocycles. The van der Waals surface area contributed by atoms with Crippen LogP contribution in [0.15, 0.2) is 42.9 Å². The summed E-state index contributed by atoms with van der Waals surface area (Å²) in [5, 5.41) is 4.13. The van der Waals surface area contributed by atoms with Crippen LogP contribution in [0.3, 0.4) is 0 Å². The number of amides is 1. The van der Waals surface area contributed by atoms with Gasteiger partial charge in [0.15, 0.2) is 10.2 Å². The number of carbonyl (C=O) groups excluding carboxylic acids is 1. The van der Waals surface area contributed by atoms with Gasteiger partial charge >= 0.3 is 29.6 Å². The topological polar surface area (TPSA) is 112 Å². The Hall–Kier alpha value is -2.51. The average Bonchev–Trinajstić information content (AvgIpc) is 3.29. The number of methoxy groups -OCH3 is 1. The zero-order valence-corrected chi connectivity index (χ0v) is 26.7. The predicted octanol–water partition coefficient (Wildman–Crippen LogP) is 1.05. The number of piperidine rings is 1. The minimum atomic E-state index is -4.41. The maximum Gasteiger partial charge on any atom is 1.00 e. The number of likely N-dealkylation sites (N-methyl/N-ethyl adjacent to an activating group) is 1. The number of aryl methyl sites for hydroxylation is 1. The van der Waals surface area contributed by atoms with E-state index in [2.05, 4.69) is 19.7 Å². The number of likely N-dealkylation sites (tertiary alicyclic amines) is 1. The molecule has 0 spiro atoms. The first-order valence-corrected chi connectivity index (χ1v) is 14.2. The number of ether oxygens (including phenoxy) is 1. The molecule has 1 atom stereocenters. The predicted molar refractivity (Wildman–Crippen MR) is 147 cm³/mol. The minimum absolute atomic E-state index is 0. The van der Waals surface area contributed by atoms with Crippen molar-refractivity contribution in [3.8, 4) is 17.0 Å². The van der Waals surface area contributed by atoms with Crippen LogP contribution in [0.4, 0.5) is 10.1 Å². The Labute approximate surface area is 257 Å². The van der Waals surface area contributed by atoms with Gasteiger partial charge in [0.05, 0.1) is 30.9 Å². The fourth-order valence-electron chi connectivity index (χ4n) is 5.06. The molecule has 2 aromatic heterocycles. The average molecular weight is 581 g/mol. The van der Waals surface area contributed by atoms with Crippen LogP contribution in [0.1, 0.15) is 43.7 Å². The van der Waals surface area contributed by atoms with Crippen LogP contribution in [0.5, 0.6) is 5.88 Å². The van der Waals surface area contributed by atoms with Crippen molar-refractivity contribution in [1.82, 2.24) is 19.7 Å². The third-order valence-corrected chi connectivity index (χ3v) is 8.24. The standard InChI is InChI=1S/C27H35FN6O4S.Na/c1-18(2)23-12-20(28)13-24(19-8-9-29-27(11-19)38-5)25(23)14-26(35)31-39(36,37)34(22-15-30-33(4)17-22)21-7-6-10-32(3)16-21;/h8-9,11-13,15,17-18,21H,6-7,10,14,16H2,1-5H3,(H,31,35);/q;+1/p-1. The van der Waals surface area contributed by atoms with Crippen LogP contribution in [-0.2, 0) is 28.5 Å². The smallest absolute Gasteiger partial charge is 0.528 e. The van der Waals surface area contributed by atoms with Crippen molar-refractivity contribution in [3.63, 3.8) is 0 Å². The van der Waals surface area contributed by atoms with E-state index in [1.807, 2.05) is 20.9 Å². The summed E-state index contributed by atoms with van der Waals surface area (Å²) in [6.45, 7) is 5.13. The van der Waals surface area contributed by atoms with Gasteiger partial charge in [0.1, 0.15) is 5.82 Å². The molecule has 1 unspecified atom stereocenters. The Balaban J connectivity index is 0.00000441. The molecule has 3 aromatic rings. The summed E-state index contributed by atoms with van der Waals surface area (Å²) in [6, 6.07) is 5.64. The summed E-state index contributed by atoms with van der Waals surface area (Å²) in [7, 11) is 0.693. The van der Waals surface area contributed by atoms with E-state index in [9.17, 15) is 17.6 Å². The summed E-state index contributed by atoms with van der Waals surface area (Å²) in [4.78, 5) is 19.5. The van der Waals surface area contributed by atoms with Gasteiger partial charge in [-0.05, 0) is 72.8 Å². The second-order valence-corrected chi connectivity index (χ2v) is 11.6. The summed E-state index contributed by atoms with van der Waals surface area (Å²) in [5.74, 6) is -1.11. The summed E-state index contributed by atoms with van der Waals surface area (Å²) < 4.78 is 53.7. The van der Waals surface area contributed by atoms with Crippen molar-refractivity contribution >= 4 is 21.8 Å². The molecule has 3 heterocycles. The SMILES string of the molecule is COc1cc(-c2cc(F)cc(C(C)C)c2CC(=O)[N-]S(=O)(=O)N(c2cnn(C)c2)C2CCCN(C)C2)ccn1.[Na+]. The van der Waals surface area contributed by atoms with Crippen molar-refractivity contribution in [2.24, 2.45) is 7.05 Å². The molecular formula is C27H34FN6NaO4S. The van der Waals surface area contributed by atoms with E-state index < -0.39 is 28.0 Å². The molecule has 0 radical (unpaired) electrons. The normalized spacial score (nSPS) is 15.9. The zero-order valence-electron chi connectivity index (χ0n) is 23.8. The van der Waals surface area contributed by atoms with Crippen LogP contribution in [0.2, 0.25) is 0 Å². The molecule has 0 N–H and O–H groups in total. The molecule has 1 aliphatic rings. The number of rotatable bonds is 9. The molecule has 10 nitrogen and oxygen atoms in total. The Morgan fingerprint density at radius 2 is 2.02 bits per heavy atom. The molecule has 0 aliphatic carbocycles. The number of hydrogen-bond donors (Lipinski definition) is 0. The first-order chi connectivity index (χ1) is 18.5. The molecule has 0 saturated carbocycles. The first-order valence-electron chi connectivity index (χ1n) is 12.8. The molecule has 40 heavy (non-hydrogen) atoms. The van der Waals surface area contributed by atoms with Gasteiger partial charge in [-0.2, -0.15) is 5.10 Å². The molecule has 210 valence electrons. The van der Waals surface area contributed by atoms with Crippen molar-refractivity contribution in [1.29, 1.82) is 0 Å². The number of carbonyl (C=O) groups is 1. The van der Waals surface area contributed by atoms with Crippen LogP contribution in [0.25, 0.3) is 15.8 Å². The van der Waals surface area contributed by atoms with Gasteiger partial charge in [0.25, 0.3) is 0 Å². The summed E-state index contributed by atoms with van der Waals surface area (Å²) in [6.07, 6.45) is 5.70. The van der Waals surface area contributed by atoms with Crippen LogP contribution >= 0.6 is 0 Å². The van der Waals surface area contributed by atoms with E-state index in [4.69, 9.17) is 4.74 Å². The van der Waals surface area contributed by atoms with E-state index in [-0.39, 0.29) is 41.9 Å². The fourth-order valence-corrected chi connectivity index (χ4v) is 6.38.